The van der Waals surface area contributed by atoms with Crippen molar-refractivity contribution in [2.24, 2.45) is 11.7 Å². The van der Waals surface area contributed by atoms with E-state index in [1.54, 1.807) is 24.3 Å². The predicted molar refractivity (Wildman–Crippen MR) is 77.0 cm³/mol. The molecular weight excluding hydrogens is 288 g/mol. The van der Waals surface area contributed by atoms with Gasteiger partial charge in [0.25, 0.3) is 0 Å². The van der Waals surface area contributed by atoms with Crippen LogP contribution in [0.5, 0.6) is 5.75 Å². The minimum atomic E-state index is -1.02. The maximum Gasteiger partial charge on any atom is 0.305 e. The molecule has 1 aromatic rings. The average Bonchev–Trinajstić information content (AvgIpc) is 2.87. The summed E-state index contributed by atoms with van der Waals surface area (Å²) in [5, 5.41) is 9.11. The van der Waals surface area contributed by atoms with Gasteiger partial charge in [-0.2, -0.15) is 0 Å². The third kappa shape index (κ3) is 3.36. The first-order valence-corrected chi connectivity index (χ1v) is 6.87. The molecule has 0 aliphatic carbocycles. The van der Waals surface area contributed by atoms with Gasteiger partial charge in [-0.15, -0.1) is 0 Å². The predicted octanol–water partition coefficient (Wildman–Crippen LogP) is 0.545. The Hall–Kier alpha value is -2.57. The first-order valence-electron chi connectivity index (χ1n) is 6.87. The van der Waals surface area contributed by atoms with Crippen LogP contribution in [-0.4, -0.2) is 41.4 Å². The molecule has 1 aromatic carbocycles. The van der Waals surface area contributed by atoms with Crippen LogP contribution in [0.25, 0.3) is 0 Å². The number of methoxy groups -OCH3 is 1. The van der Waals surface area contributed by atoms with Crippen molar-refractivity contribution in [3.8, 4) is 5.75 Å². The van der Waals surface area contributed by atoms with E-state index in [2.05, 4.69) is 0 Å². The van der Waals surface area contributed by atoms with Crippen molar-refractivity contribution < 1.29 is 24.2 Å². The van der Waals surface area contributed by atoms with Gasteiger partial charge in [0.2, 0.25) is 11.8 Å². The molecule has 1 saturated heterocycles. The van der Waals surface area contributed by atoms with Crippen LogP contribution in [0.15, 0.2) is 24.3 Å². The summed E-state index contributed by atoms with van der Waals surface area (Å²) in [7, 11) is 1.53. The number of hydrogen-bond donors (Lipinski definition) is 2. The highest BCUT2D eigenvalue weighted by atomic mass is 16.5. The van der Waals surface area contributed by atoms with E-state index in [1.807, 2.05) is 0 Å². The lowest BCUT2D eigenvalue weighted by Crippen LogP contribution is -2.33. The molecule has 22 heavy (non-hydrogen) atoms. The molecular formula is C15H18N2O5. The maximum atomic E-state index is 12.1. The third-order valence-corrected chi connectivity index (χ3v) is 3.81. The summed E-state index contributed by atoms with van der Waals surface area (Å²) in [5.41, 5.74) is 5.93. The standard InChI is InChI=1S/C15H18N2O5/c1-22-11-4-2-9(3-5-11)12(7-14(19)20)17-8-10(15(16)21)6-13(17)18/h2-5,10,12H,6-8H2,1H3,(H2,16,21)(H,19,20). The van der Waals surface area contributed by atoms with Gasteiger partial charge < -0.3 is 20.5 Å². The molecule has 2 rings (SSSR count). The molecule has 3 N–H and O–H groups in total. The van der Waals surface area contributed by atoms with Crippen molar-refractivity contribution in [1.29, 1.82) is 0 Å². The van der Waals surface area contributed by atoms with Crippen LogP contribution in [0.3, 0.4) is 0 Å². The Labute approximate surface area is 127 Å². The van der Waals surface area contributed by atoms with Gasteiger partial charge in [-0.1, -0.05) is 12.1 Å². The van der Waals surface area contributed by atoms with Crippen molar-refractivity contribution in [2.75, 3.05) is 13.7 Å². The summed E-state index contributed by atoms with van der Waals surface area (Å²) >= 11 is 0. The smallest absolute Gasteiger partial charge is 0.305 e. The SMILES string of the molecule is COc1ccc(C(CC(=O)O)N2CC(C(N)=O)CC2=O)cc1. The number of nitrogens with zero attached hydrogens (tertiary/aromatic N) is 1. The Morgan fingerprint density at radius 2 is 2.05 bits per heavy atom. The minimum Gasteiger partial charge on any atom is -0.497 e. The Morgan fingerprint density at radius 1 is 1.41 bits per heavy atom. The normalized spacial score (nSPS) is 19.0. The summed E-state index contributed by atoms with van der Waals surface area (Å²) in [6.45, 7) is 0.151. The molecule has 0 aromatic heterocycles. The fourth-order valence-corrected chi connectivity index (χ4v) is 2.62. The van der Waals surface area contributed by atoms with E-state index in [-0.39, 0.29) is 25.3 Å². The summed E-state index contributed by atoms with van der Waals surface area (Å²) in [6, 6.07) is 6.22. The molecule has 2 amide bonds. The molecule has 7 nitrogen and oxygen atoms in total. The fourth-order valence-electron chi connectivity index (χ4n) is 2.62. The number of carbonyl (C=O) groups is 3. The number of rotatable bonds is 6. The van der Waals surface area contributed by atoms with Crippen LogP contribution in [0, 0.1) is 5.92 Å². The van der Waals surface area contributed by atoms with Gasteiger partial charge in [-0.05, 0) is 17.7 Å². The van der Waals surface area contributed by atoms with E-state index in [1.165, 1.54) is 12.0 Å². The van der Waals surface area contributed by atoms with Gasteiger partial charge in [0, 0.05) is 13.0 Å². The third-order valence-electron chi connectivity index (χ3n) is 3.81. The fraction of sp³-hybridized carbons (Fsp3) is 0.400. The lowest BCUT2D eigenvalue weighted by Gasteiger charge is -2.27. The molecule has 2 atom stereocenters. The van der Waals surface area contributed by atoms with Crippen LogP contribution in [-0.2, 0) is 14.4 Å². The van der Waals surface area contributed by atoms with Crippen LogP contribution >= 0.6 is 0 Å². The van der Waals surface area contributed by atoms with Gasteiger partial charge >= 0.3 is 5.97 Å². The number of aliphatic carboxylic acids is 1. The monoisotopic (exact) mass is 306 g/mol. The second kappa shape index (κ2) is 6.46. The molecule has 1 heterocycles. The lowest BCUT2D eigenvalue weighted by molar-refractivity contribution is -0.139. The number of nitrogens with two attached hydrogens (primary N) is 1. The Morgan fingerprint density at radius 3 is 2.50 bits per heavy atom. The van der Waals surface area contributed by atoms with Gasteiger partial charge in [0.05, 0.1) is 25.5 Å². The molecule has 1 aliphatic rings. The first-order chi connectivity index (χ1) is 10.4. The van der Waals surface area contributed by atoms with Gasteiger partial charge in [-0.3, -0.25) is 14.4 Å². The average molecular weight is 306 g/mol. The highest BCUT2D eigenvalue weighted by molar-refractivity contribution is 5.89. The molecule has 1 aliphatic heterocycles. The van der Waals surface area contributed by atoms with Crippen LogP contribution in [0.2, 0.25) is 0 Å². The Kier molecular flexibility index (Phi) is 4.65. The van der Waals surface area contributed by atoms with Crippen molar-refractivity contribution >= 4 is 17.8 Å². The number of carboxylic acids is 1. The Bertz CT molecular complexity index is 584. The second-order valence-electron chi connectivity index (χ2n) is 5.24. The molecule has 2 unspecified atom stereocenters. The number of likely N-dealkylation sites (tertiary alicyclic amines) is 1. The van der Waals surface area contributed by atoms with Crippen molar-refractivity contribution in [3.63, 3.8) is 0 Å². The second-order valence-corrected chi connectivity index (χ2v) is 5.24. The largest absolute Gasteiger partial charge is 0.497 e. The summed E-state index contributed by atoms with van der Waals surface area (Å²) in [6.07, 6.45) is -0.203. The minimum absolute atomic E-state index is 0.0294. The highest BCUT2D eigenvalue weighted by Gasteiger charge is 2.38. The Balaban J connectivity index is 2.27. The topological polar surface area (TPSA) is 110 Å². The number of benzene rings is 1. The van der Waals surface area contributed by atoms with E-state index >= 15 is 0 Å². The molecule has 1 fully saturated rings. The highest BCUT2D eigenvalue weighted by Crippen LogP contribution is 2.32. The summed E-state index contributed by atoms with van der Waals surface area (Å²) in [4.78, 5) is 35.9. The number of ether oxygens (including phenoxy) is 1. The van der Waals surface area contributed by atoms with Crippen LogP contribution in [0.4, 0.5) is 0 Å². The number of carboxylic acid groups (broad SMARTS) is 1. The summed E-state index contributed by atoms with van der Waals surface area (Å²) in [5.74, 6) is -1.75. The zero-order valence-corrected chi connectivity index (χ0v) is 12.2. The number of primary amides is 1. The molecule has 118 valence electrons. The van der Waals surface area contributed by atoms with E-state index in [9.17, 15) is 14.4 Å². The molecule has 0 bridgehead atoms. The zero-order valence-electron chi connectivity index (χ0n) is 12.2. The van der Waals surface area contributed by atoms with Gasteiger partial charge in [0.15, 0.2) is 0 Å². The van der Waals surface area contributed by atoms with Crippen LogP contribution < -0.4 is 10.5 Å². The molecule has 0 radical (unpaired) electrons. The lowest BCUT2D eigenvalue weighted by atomic mass is 10.0. The number of carbonyl (C=O) groups excluding carboxylic acids is 2. The summed E-state index contributed by atoms with van der Waals surface area (Å²) < 4.78 is 5.07. The van der Waals surface area contributed by atoms with Crippen molar-refractivity contribution in [3.05, 3.63) is 29.8 Å². The van der Waals surface area contributed by atoms with E-state index in [0.29, 0.717) is 11.3 Å². The van der Waals surface area contributed by atoms with Crippen molar-refractivity contribution in [1.82, 2.24) is 4.90 Å². The van der Waals surface area contributed by atoms with E-state index in [0.717, 1.165) is 0 Å². The molecule has 7 heteroatoms. The zero-order chi connectivity index (χ0) is 16.3. The molecule has 0 saturated carbocycles. The van der Waals surface area contributed by atoms with Gasteiger partial charge in [-0.25, -0.2) is 0 Å². The van der Waals surface area contributed by atoms with Crippen LogP contribution in [0.1, 0.15) is 24.4 Å². The quantitative estimate of drug-likeness (QED) is 0.797. The van der Waals surface area contributed by atoms with E-state index < -0.39 is 23.8 Å². The molecule has 0 spiro atoms. The number of amides is 2. The number of hydrogen-bond acceptors (Lipinski definition) is 4. The first kappa shape index (κ1) is 15.8. The maximum absolute atomic E-state index is 12.1. The van der Waals surface area contributed by atoms with E-state index in [4.69, 9.17) is 15.6 Å². The van der Waals surface area contributed by atoms with Crippen molar-refractivity contribution in [2.45, 2.75) is 18.9 Å². The van der Waals surface area contributed by atoms with Gasteiger partial charge in [0.1, 0.15) is 5.75 Å².